The van der Waals surface area contributed by atoms with Crippen LogP contribution in [-0.4, -0.2) is 24.4 Å². The Bertz CT molecular complexity index is 810. The number of phenols is 2. The van der Waals surface area contributed by atoms with E-state index in [4.69, 9.17) is 9.47 Å². The van der Waals surface area contributed by atoms with Crippen molar-refractivity contribution >= 4 is 0 Å². The van der Waals surface area contributed by atoms with E-state index in [1.165, 1.54) is 17.5 Å². The maximum atomic E-state index is 10.5. The lowest BCUT2D eigenvalue weighted by Gasteiger charge is -2.42. The Hall–Kier alpha value is -2.04. The number of phenolic OH excluding ortho intramolecular Hbond substituents is 2. The summed E-state index contributed by atoms with van der Waals surface area (Å²) >= 11 is 0. The van der Waals surface area contributed by atoms with E-state index in [-0.39, 0.29) is 5.41 Å². The minimum absolute atomic E-state index is 0.153. The lowest BCUT2D eigenvalue weighted by molar-refractivity contribution is 0.181. The molecular weight excluding hydrogens is 364 g/mol. The topological polar surface area (TPSA) is 58.9 Å². The van der Waals surface area contributed by atoms with E-state index in [1.54, 1.807) is 14.2 Å². The molecule has 0 saturated heterocycles. The van der Waals surface area contributed by atoms with Crippen molar-refractivity contribution in [1.82, 2.24) is 0 Å². The summed E-state index contributed by atoms with van der Waals surface area (Å²) in [5.74, 6) is 1.23. The largest absolute Gasteiger partial charge is 0.507 e. The van der Waals surface area contributed by atoms with Crippen LogP contribution >= 0.6 is 0 Å². The summed E-state index contributed by atoms with van der Waals surface area (Å²) in [6.07, 6.45) is 4.47. The highest BCUT2D eigenvalue weighted by Gasteiger charge is 2.39. The van der Waals surface area contributed by atoms with Gasteiger partial charge in [0.2, 0.25) is 0 Å². The van der Waals surface area contributed by atoms with Crippen LogP contribution in [0.2, 0.25) is 0 Å². The molecule has 1 unspecified atom stereocenters. The van der Waals surface area contributed by atoms with Crippen molar-refractivity contribution in [3.8, 4) is 11.5 Å². The summed E-state index contributed by atoms with van der Waals surface area (Å²) in [5.41, 5.74) is 5.69. The van der Waals surface area contributed by atoms with Crippen molar-refractivity contribution in [2.75, 3.05) is 14.2 Å². The molecule has 0 aromatic heterocycles. The average molecular weight is 399 g/mol. The van der Waals surface area contributed by atoms with Gasteiger partial charge in [0.15, 0.2) is 0 Å². The zero-order chi connectivity index (χ0) is 21.2. The molecule has 29 heavy (non-hydrogen) atoms. The van der Waals surface area contributed by atoms with Crippen LogP contribution in [0.5, 0.6) is 11.5 Å². The molecule has 1 fully saturated rings. The number of ether oxygens (including phenoxy) is 2. The van der Waals surface area contributed by atoms with Crippen molar-refractivity contribution in [1.29, 1.82) is 0 Å². The molecule has 158 valence electrons. The molecule has 1 saturated carbocycles. The van der Waals surface area contributed by atoms with Gasteiger partial charge >= 0.3 is 0 Å². The van der Waals surface area contributed by atoms with Gasteiger partial charge in [0.05, 0.1) is 13.2 Å². The average Bonchev–Trinajstić information content (AvgIpc) is 2.68. The molecule has 2 aromatic rings. The summed E-state index contributed by atoms with van der Waals surface area (Å²) in [7, 11) is 3.31. The first-order chi connectivity index (χ1) is 13.8. The third kappa shape index (κ3) is 4.15. The fourth-order valence-electron chi connectivity index (χ4n) is 5.03. The zero-order valence-electron chi connectivity index (χ0n) is 18.3. The molecule has 2 aromatic carbocycles. The monoisotopic (exact) mass is 398 g/mol. The second-order valence-electron chi connectivity index (χ2n) is 8.75. The van der Waals surface area contributed by atoms with Gasteiger partial charge in [-0.1, -0.05) is 31.9 Å². The van der Waals surface area contributed by atoms with Gasteiger partial charge in [-0.15, -0.1) is 0 Å². The molecule has 0 spiro atoms. The molecule has 0 amide bonds. The molecule has 1 atom stereocenters. The molecule has 3 rings (SSSR count). The minimum atomic E-state index is -0.153. The molecule has 1 aliphatic carbocycles. The lowest BCUT2D eigenvalue weighted by atomic mass is 9.62. The minimum Gasteiger partial charge on any atom is -0.507 e. The van der Waals surface area contributed by atoms with Gasteiger partial charge in [0.1, 0.15) is 11.5 Å². The summed E-state index contributed by atoms with van der Waals surface area (Å²) in [5, 5.41) is 21.0. The number of benzene rings is 2. The highest BCUT2D eigenvalue weighted by Crippen LogP contribution is 2.49. The summed E-state index contributed by atoms with van der Waals surface area (Å²) in [4.78, 5) is 0. The lowest BCUT2D eigenvalue weighted by Crippen LogP contribution is -2.34. The van der Waals surface area contributed by atoms with Crippen molar-refractivity contribution in [2.24, 2.45) is 5.92 Å². The second-order valence-corrected chi connectivity index (χ2v) is 8.75. The van der Waals surface area contributed by atoms with E-state index in [9.17, 15) is 10.2 Å². The Morgan fingerprint density at radius 2 is 1.38 bits per heavy atom. The van der Waals surface area contributed by atoms with Crippen LogP contribution in [0.1, 0.15) is 66.0 Å². The number of aryl methyl sites for hydroxylation is 2. The number of rotatable bonds is 6. The molecule has 4 heteroatoms. The summed E-state index contributed by atoms with van der Waals surface area (Å²) < 4.78 is 10.7. The Morgan fingerprint density at radius 1 is 0.897 bits per heavy atom. The quantitative estimate of drug-likeness (QED) is 0.674. The van der Waals surface area contributed by atoms with Crippen LogP contribution in [0.25, 0.3) is 0 Å². The predicted octanol–water partition coefficient (Wildman–Crippen LogP) is 5.50. The first-order valence-corrected chi connectivity index (χ1v) is 10.5. The Labute approximate surface area is 174 Å². The fraction of sp³-hybridized carbons (Fsp3) is 0.520. The molecule has 2 N–H and O–H groups in total. The third-order valence-corrected chi connectivity index (χ3v) is 6.46. The molecule has 0 aliphatic heterocycles. The molecular formula is C25H34O4. The highest BCUT2D eigenvalue weighted by molar-refractivity contribution is 5.52. The standard InChI is InChI=1S/C25H34O4/c1-16-7-6-8-25(13-16,21-9-17(2)23(26)19(11-21)14-28-4)22-10-18(3)24(27)20(12-22)15-29-5/h9-12,16,26-27H,6-8,13-15H2,1-5H3. The van der Waals surface area contributed by atoms with Crippen molar-refractivity contribution in [3.05, 3.63) is 57.6 Å². The molecule has 1 aliphatic rings. The predicted molar refractivity (Wildman–Crippen MR) is 116 cm³/mol. The number of hydrogen-bond acceptors (Lipinski definition) is 4. The number of methoxy groups -OCH3 is 2. The zero-order valence-corrected chi connectivity index (χ0v) is 18.3. The van der Waals surface area contributed by atoms with Crippen LogP contribution in [-0.2, 0) is 28.1 Å². The maximum Gasteiger partial charge on any atom is 0.124 e. The van der Waals surface area contributed by atoms with Crippen LogP contribution in [0, 0.1) is 19.8 Å². The van der Waals surface area contributed by atoms with E-state index in [0.717, 1.165) is 41.5 Å². The van der Waals surface area contributed by atoms with Crippen LogP contribution < -0.4 is 0 Å². The first-order valence-electron chi connectivity index (χ1n) is 10.5. The highest BCUT2D eigenvalue weighted by atomic mass is 16.5. The van der Waals surface area contributed by atoms with E-state index in [2.05, 4.69) is 31.2 Å². The molecule has 0 bridgehead atoms. The van der Waals surface area contributed by atoms with E-state index < -0.39 is 0 Å². The van der Waals surface area contributed by atoms with Crippen molar-refractivity contribution < 1.29 is 19.7 Å². The number of hydrogen-bond donors (Lipinski definition) is 2. The Kier molecular flexibility index (Phi) is 6.55. The maximum absolute atomic E-state index is 10.5. The second kappa shape index (κ2) is 8.76. The van der Waals surface area contributed by atoms with Gasteiger partial charge in [-0.2, -0.15) is 0 Å². The van der Waals surface area contributed by atoms with Gasteiger partial charge in [-0.25, -0.2) is 0 Å². The van der Waals surface area contributed by atoms with Crippen molar-refractivity contribution in [3.63, 3.8) is 0 Å². The Balaban J connectivity index is 2.23. The summed E-state index contributed by atoms with van der Waals surface area (Å²) in [6, 6.07) is 8.49. The third-order valence-electron chi connectivity index (χ3n) is 6.46. The Morgan fingerprint density at radius 3 is 1.79 bits per heavy atom. The fourth-order valence-corrected chi connectivity index (χ4v) is 5.03. The summed E-state index contributed by atoms with van der Waals surface area (Å²) in [6.45, 7) is 7.00. The van der Waals surface area contributed by atoms with Crippen LogP contribution in [0.4, 0.5) is 0 Å². The molecule has 0 heterocycles. The molecule has 4 nitrogen and oxygen atoms in total. The van der Waals surface area contributed by atoms with Crippen LogP contribution in [0.15, 0.2) is 24.3 Å². The van der Waals surface area contributed by atoms with Gasteiger partial charge in [-0.3, -0.25) is 0 Å². The first kappa shape index (κ1) is 21.7. The van der Waals surface area contributed by atoms with Gasteiger partial charge in [0, 0.05) is 30.8 Å². The SMILES string of the molecule is COCc1cc(C2(c3cc(C)c(O)c(COC)c3)CCCC(C)C2)cc(C)c1O. The van der Waals surface area contributed by atoms with E-state index in [1.807, 2.05) is 13.8 Å². The van der Waals surface area contributed by atoms with Crippen molar-refractivity contribution in [2.45, 2.75) is 65.1 Å². The van der Waals surface area contributed by atoms with Gasteiger partial charge in [0.25, 0.3) is 0 Å². The van der Waals surface area contributed by atoms with Gasteiger partial charge < -0.3 is 19.7 Å². The van der Waals surface area contributed by atoms with Crippen LogP contribution in [0.3, 0.4) is 0 Å². The van der Waals surface area contributed by atoms with Gasteiger partial charge in [-0.05, 0) is 67.0 Å². The smallest absolute Gasteiger partial charge is 0.124 e. The number of aromatic hydroxyl groups is 2. The van der Waals surface area contributed by atoms with E-state index >= 15 is 0 Å². The molecule has 0 radical (unpaired) electrons. The van der Waals surface area contributed by atoms with E-state index in [0.29, 0.717) is 30.6 Å². The normalized spacial score (nSPS) is 18.7.